The van der Waals surface area contributed by atoms with Gasteiger partial charge in [0, 0.05) is 31.4 Å². The first-order valence-electron chi connectivity index (χ1n) is 5.98. The predicted molar refractivity (Wildman–Crippen MR) is 70.5 cm³/mol. The highest BCUT2D eigenvalue weighted by atomic mass is 19.2. The second kappa shape index (κ2) is 5.55. The van der Waals surface area contributed by atoms with Crippen molar-refractivity contribution in [2.45, 2.75) is 0 Å². The zero-order valence-electron chi connectivity index (χ0n) is 11.3. The zero-order chi connectivity index (χ0) is 15.7. The van der Waals surface area contributed by atoms with E-state index in [0.717, 1.165) is 5.69 Å². The van der Waals surface area contributed by atoms with Crippen LogP contribution in [0.15, 0.2) is 30.3 Å². The Kier molecular flexibility index (Phi) is 3.97. The van der Waals surface area contributed by atoms with Crippen LogP contribution in [0.5, 0.6) is 0 Å². The van der Waals surface area contributed by atoms with Gasteiger partial charge in [-0.1, -0.05) is 0 Å². The monoisotopic (exact) mass is 297 g/mol. The lowest BCUT2D eigenvalue weighted by Crippen LogP contribution is -2.12. The molecular weight excluding hydrogens is 286 g/mol. The molecule has 0 N–H and O–H groups in total. The van der Waals surface area contributed by atoms with E-state index in [0.29, 0.717) is 0 Å². The predicted octanol–water partition coefficient (Wildman–Crippen LogP) is 3.54. The van der Waals surface area contributed by atoms with Crippen molar-refractivity contribution in [3.8, 4) is 0 Å². The van der Waals surface area contributed by atoms with Crippen LogP contribution < -0.4 is 4.90 Å². The lowest BCUT2D eigenvalue weighted by molar-refractivity contribution is 0.102. The molecule has 0 aliphatic rings. The summed E-state index contributed by atoms with van der Waals surface area (Å²) in [6.07, 6.45) is 0. The fourth-order valence-electron chi connectivity index (χ4n) is 1.83. The summed E-state index contributed by atoms with van der Waals surface area (Å²) >= 11 is 0. The average Bonchev–Trinajstić information content (AvgIpc) is 2.45. The van der Waals surface area contributed by atoms with Crippen molar-refractivity contribution in [3.63, 3.8) is 0 Å². The number of ketones is 1. The van der Waals surface area contributed by atoms with Crippen LogP contribution in [0.1, 0.15) is 15.9 Å². The molecule has 0 aromatic heterocycles. The number of nitrogens with zero attached hydrogens (tertiary/aromatic N) is 1. The van der Waals surface area contributed by atoms with Crippen LogP contribution in [-0.2, 0) is 0 Å². The van der Waals surface area contributed by atoms with E-state index >= 15 is 0 Å². The highest BCUT2D eigenvalue weighted by Crippen LogP contribution is 2.23. The molecule has 0 aliphatic heterocycles. The van der Waals surface area contributed by atoms with Gasteiger partial charge in [0.15, 0.2) is 29.1 Å². The molecule has 0 bridgehead atoms. The largest absolute Gasteiger partial charge is 0.378 e. The van der Waals surface area contributed by atoms with Crippen LogP contribution in [-0.4, -0.2) is 19.9 Å². The molecule has 0 fully saturated rings. The van der Waals surface area contributed by atoms with E-state index in [1.54, 1.807) is 31.1 Å². The third-order valence-electron chi connectivity index (χ3n) is 2.98. The molecule has 0 unspecified atom stereocenters. The topological polar surface area (TPSA) is 20.3 Å². The highest BCUT2D eigenvalue weighted by molar-refractivity contribution is 6.09. The molecule has 2 aromatic rings. The number of benzene rings is 2. The van der Waals surface area contributed by atoms with E-state index in [1.165, 1.54) is 12.1 Å². The summed E-state index contributed by atoms with van der Waals surface area (Å²) in [7, 11) is 3.55. The third-order valence-corrected chi connectivity index (χ3v) is 2.98. The van der Waals surface area contributed by atoms with E-state index in [-0.39, 0.29) is 11.6 Å². The summed E-state index contributed by atoms with van der Waals surface area (Å²) in [4.78, 5) is 13.8. The smallest absolute Gasteiger partial charge is 0.199 e. The number of anilines is 1. The second-order valence-corrected chi connectivity index (χ2v) is 4.61. The Balaban J connectivity index is 2.50. The second-order valence-electron chi connectivity index (χ2n) is 4.61. The van der Waals surface area contributed by atoms with Gasteiger partial charge in [-0.05, 0) is 24.3 Å². The van der Waals surface area contributed by atoms with Crippen molar-refractivity contribution < 1.29 is 22.4 Å². The molecule has 0 spiro atoms. The fraction of sp³-hybridized carbons (Fsp3) is 0.133. The van der Waals surface area contributed by atoms with Crippen molar-refractivity contribution in [3.05, 3.63) is 64.7 Å². The van der Waals surface area contributed by atoms with Gasteiger partial charge >= 0.3 is 0 Å². The van der Waals surface area contributed by atoms with Gasteiger partial charge in [-0.2, -0.15) is 0 Å². The lowest BCUT2D eigenvalue weighted by atomic mass is 10.0. The summed E-state index contributed by atoms with van der Waals surface area (Å²) < 4.78 is 53.4. The number of carbonyl (C=O) groups is 1. The Bertz CT molecular complexity index is 670. The van der Waals surface area contributed by atoms with Gasteiger partial charge in [0.2, 0.25) is 0 Å². The third kappa shape index (κ3) is 2.74. The summed E-state index contributed by atoms with van der Waals surface area (Å²) in [5, 5.41) is 0. The first kappa shape index (κ1) is 15.0. The Morgan fingerprint density at radius 2 is 1.38 bits per heavy atom. The molecular formula is C15H11F4NO. The number of carbonyl (C=O) groups excluding carboxylic acids is 1. The van der Waals surface area contributed by atoms with Gasteiger partial charge in [-0.25, -0.2) is 17.6 Å². The van der Waals surface area contributed by atoms with E-state index < -0.39 is 34.6 Å². The maximum absolute atomic E-state index is 13.6. The molecule has 0 aliphatic carbocycles. The van der Waals surface area contributed by atoms with Crippen LogP contribution in [0.3, 0.4) is 0 Å². The van der Waals surface area contributed by atoms with Gasteiger partial charge in [-0.15, -0.1) is 0 Å². The molecule has 2 rings (SSSR count). The molecule has 0 heterocycles. The minimum absolute atomic E-state index is 0.0661. The maximum Gasteiger partial charge on any atom is 0.199 e. The summed E-state index contributed by atoms with van der Waals surface area (Å²) in [5.41, 5.74) is -0.536. The first-order valence-corrected chi connectivity index (χ1v) is 5.98. The minimum Gasteiger partial charge on any atom is -0.378 e. The summed E-state index contributed by atoms with van der Waals surface area (Å²) in [6.45, 7) is 0. The minimum atomic E-state index is -1.70. The molecule has 0 atom stereocenters. The standard InChI is InChI=1S/C15H11F4NO/c1-20(2)9-5-3-8(4-6-9)15(21)12-13(18)10(16)7-11(17)14(12)19/h3-7H,1-2H3. The first-order chi connectivity index (χ1) is 9.82. The molecule has 110 valence electrons. The average molecular weight is 297 g/mol. The molecule has 2 aromatic carbocycles. The van der Waals surface area contributed by atoms with Crippen LogP contribution in [0.25, 0.3) is 0 Å². The Morgan fingerprint density at radius 1 is 0.905 bits per heavy atom. The Labute approximate surface area is 118 Å². The summed E-state index contributed by atoms with van der Waals surface area (Å²) in [5.74, 6) is -7.73. The number of hydrogen-bond acceptors (Lipinski definition) is 2. The van der Waals surface area contributed by atoms with Crippen molar-refractivity contribution in [1.82, 2.24) is 0 Å². The van der Waals surface area contributed by atoms with Crippen LogP contribution in [0.2, 0.25) is 0 Å². The molecule has 6 heteroatoms. The molecule has 0 saturated heterocycles. The molecule has 0 amide bonds. The van der Waals surface area contributed by atoms with E-state index in [2.05, 4.69) is 0 Å². The van der Waals surface area contributed by atoms with E-state index in [4.69, 9.17) is 0 Å². The molecule has 2 nitrogen and oxygen atoms in total. The summed E-state index contributed by atoms with van der Waals surface area (Å²) in [6, 6.07) is 5.84. The van der Waals surface area contributed by atoms with Crippen LogP contribution in [0, 0.1) is 23.3 Å². The number of rotatable bonds is 3. The van der Waals surface area contributed by atoms with Crippen molar-refractivity contribution >= 4 is 11.5 Å². The zero-order valence-corrected chi connectivity index (χ0v) is 11.3. The van der Waals surface area contributed by atoms with Crippen LogP contribution >= 0.6 is 0 Å². The Morgan fingerprint density at radius 3 is 1.81 bits per heavy atom. The Hall–Kier alpha value is -2.37. The van der Waals surface area contributed by atoms with E-state index in [1.807, 2.05) is 0 Å². The van der Waals surface area contributed by atoms with Gasteiger partial charge in [0.25, 0.3) is 0 Å². The fourth-order valence-corrected chi connectivity index (χ4v) is 1.83. The quantitative estimate of drug-likeness (QED) is 0.490. The number of halogens is 4. The van der Waals surface area contributed by atoms with Crippen molar-refractivity contribution in [1.29, 1.82) is 0 Å². The highest BCUT2D eigenvalue weighted by Gasteiger charge is 2.25. The van der Waals surface area contributed by atoms with Gasteiger partial charge in [-0.3, -0.25) is 4.79 Å². The van der Waals surface area contributed by atoms with Crippen LogP contribution in [0.4, 0.5) is 23.2 Å². The van der Waals surface area contributed by atoms with Gasteiger partial charge < -0.3 is 4.90 Å². The maximum atomic E-state index is 13.6. The van der Waals surface area contributed by atoms with Gasteiger partial charge in [0.05, 0.1) is 0 Å². The molecule has 0 radical (unpaired) electrons. The number of hydrogen-bond donors (Lipinski definition) is 0. The normalized spacial score (nSPS) is 10.6. The van der Waals surface area contributed by atoms with Crippen molar-refractivity contribution in [2.24, 2.45) is 0 Å². The molecule has 0 saturated carbocycles. The lowest BCUT2D eigenvalue weighted by Gasteiger charge is -2.12. The van der Waals surface area contributed by atoms with E-state index in [9.17, 15) is 22.4 Å². The van der Waals surface area contributed by atoms with Gasteiger partial charge in [0.1, 0.15) is 5.56 Å². The SMILES string of the molecule is CN(C)c1ccc(C(=O)c2c(F)c(F)cc(F)c2F)cc1. The molecule has 21 heavy (non-hydrogen) atoms. The van der Waals surface area contributed by atoms with Crippen molar-refractivity contribution in [2.75, 3.05) is 19.0 Å².